The lowest BCUT2D eigenvalue weighted by molar-refractivity contribution is -0.112. The molecule has 1 amide bonds. The topological polar surface area (TPSA) is 79.8 Å². The molecule has 0 saturated heterocycles. The highest BCUT2D eigenvalue weighted by molar-refractivity contribution is 9.10. The summed E-state index contributed by atoms with van der Waals surface area (Å²) in [4.78, 5) is 27.1. The predicted octanol–water partition coefficient (Wildman–Crippen LogP) is 3.51. The van der Waals surface area contributed by atoms with Crippen LogP contribution >= 0.6 is 27.3 Å². The highest BCUT2D eigenvalue weighted by atomic mass is 79.9. The van der Waals surface area contributed by atoms with Gasteiger partial charge in [-0.1, -0.05) is 52.6 Å². The Morgan fingerprint density at radius 1 is 1.17 bits per heavy atom. The van der Waals surface area contributed by atoms with Crippen LogP contribution in [0.4, 0.5) is 5.82 Å². The molecule has 2 aliphatic rings. The van der Waals surface area contributed by atoms with E-state index in [2.05, 4.69) is 25.9 Å². The first-order valence-corrected chi connectivity index (χ1v) is 11.6. The van der Waals surface area contributed by atoms with Crippen molar-refractivity contribution in [3.8, 4) is 5.88 Å². The quantitative estimate of drug-likeness (QED) is 0.620. The molecule has 3 aromatic rings. The third kappa shape index (κ3) is 3.44. The van der Waals surface area contributed by atoms with Crippen LogP contribution in [-0.2, 0) is 4.79 Å². The fourth-order valence-electron chi connectivity index (χ4n) is 4.12. The Morgan fingerprint density at radius 3 is 2.77 bits per heavy atom. The standard InChI is InChI=1S/C22H19BrN4O2S/c23-13-9-10-16-15(12-13)18(20(28)25-16)19-21(29)27(14-6-2-1-3-7-14)22(30-19)26-17-8-4-5-11-24-17/h4-5,8-12,14,29H,1-3,6-7H2/b26-22+. The zero-order valence-corrected chi connectivity index (χ0v) is 18.5. The third-order valence-electron chi connectivity index (χ3n) is 5.52. The Bertz CT molecular complexity index is 1320. The van der Waals surface area contributed by atoms with Crippen LogP contribution in [0.2, 0.25) is 0 Å². The van der Waals surface area contributed by atoms with Gasteiger partial charge in [0.15, 0.2) is 10.6 Å². The largest absolute Gasteiger partial charge is 0.493 e. The SMILES string of the molecule is O=C1N=c2ccc(Br)cc2=C1c1s/c(=N/c2ccccn2)n(C2CCCCC2)c1O. The van der Waals surface area contributed by atoms with Crippen LogP contribution < -0.4 is 15.4 Å². The number of rotatable bonds is 3. The molecule has 1 N–H and O–H groups in total. The van der Waals surface area contributed by atoms with Gasteiger partial charge in [0.1, 0.15) is 4.88 Å². The molecule has 1 aromatic carbocycles. The lowest BCUT2D eigenvalue weighted by atomic mass is 9.95. The second-order valence-electron chi connectivity index (χ2n) is 7.45. The van der Waals surface area contributed by atoms with Crippen LogP contribution in [-0.4, -0.2) is 20.6 Å². The van der Waals surface area contributed by atoms with Crippen molar-refractivity contribution in [3.05, 3.63) is 67.3 Å². The van der Waals surface area contributed by atoms with Crippen molar-refractivity contribution in [2.45, 2.75) is 38.1 Å². The minimum Gasteiger partial charge on any atom is -0.493 e. The number of amides is 1. The number of hydrogen-bond donors (Lipinski definition) is 1. The molecule has 0 spiro atoms. The summed E-state index contributed by atoms with van der Waals surface area (Å²) in [5.74, 6) is 0.332. The molecule has 6 nitrogen and oxygen atoms in total. The van der Waals surface area contributed by atoms with E-state index < -0.39 is 0 Å². The van der Waals surface area contributed by atoms with Gasteiger partial charge in [0.25, 0.3) is 5.91 Å². The Labute approximate surface area is 185 Å². The molecular weight excluding hydrogens is 464 g/mol. The second-order valence-corrected chi connectivity index (χ2v) is 9.35. The smallest absolute Gasteiger partial charge is 0.279 e. The van der Waals surface area contributed by atoms with Gasteiger partial charge in [-0.25, -0.2) is 15.0 Å². The van der Waals surface area contributed by atoms with E-state index in [9.17, 15) is 9.90 Å². The van der Waals surface area contributed by atoms with E-state index in [0.29, 0.717) is 26.4 Å². The molecule has 1 aliphatic carbocycles. The Balaban J connectivity index is 1.77. The van der Waals surface area contributed by atoms with Gasteiger partial charge in [-0.05, 0) is 43.2 Å². The minimum atomic E-state index is -0.333. The molecule has 2 aromatic heterocycles. The van der Waals surface area contributed by atoms with Gasteiger partial charge in [0.2, 0.25) is 5.88 Å². The van der Waals surface area contributed by atoms with Crippen LogP contribution in [0, 0.1) is 0 Å². The summed E-state index contributed by atoms with van der Waals surface area (Å²) in [7, 11) is 0. The average Bonchev–Trinajstić information content (AvgIpc) is 3.24. The number of halogens is 1. The normalized spacial score (nSPS) is 17.3. The fourth-order valence-corrected chi connectivity index (χ4v) is 5.62. The monoisotopic (exact) mass is 482 g/mol. The van der Waals surface area contributed by atoms with Gasteiger partial charge in [0.05, 0.1) is 10.9 Å². The molecule has 5 rings (SSSR count). The summed E-state index contributed by atoms with van der Waals surface area (Å²) >= 11 is 4.79. The average molecular weight is 483 g/mol. The molecule has 1 saturated carbocycles. The fraction of sp³-hybridized carbons (Fsp3) is 0.273. The summed E-state index contributed by atoms with van der Waals surface area (Å²) in [6.45, 7) is 0. The number of benzene rings is 1. The molecule has 152 valence electrons. The molecule has 1 aliphatic heterocycles. The van der Waals surface area contributed by atoms with E-state index in [4.69, 9.17) is 4.99 Å². The van der Waals surface area contributed by atoms with E-state index in [0.717, 1.165) is 35.4 Å². The molecule has 8 heteroatoms. The van der Waals surface area contributed by atoms with Crippen molar-refractivity contribution >= 4 is 44.6 Å². The molecule has 0 radical (unpaired) electrons. The van der Waals surface area contributed by atoms with E-state index in [1.807, 2.05) is 41.0 Å². The van der Waals surface area contributed by atoms with Crippen LogP contribution in [0.1, 0.15) is 43.0 Å². The number of hydrogen-bond acceptors (Lipinski definition) is 5. The maximum atomic E-state index is 12.8. The molecular formula is C22H19BrN4O2S. The van der Waals surface area contributed by atoms with E-state index in [1.54, 1.807) is 6.20 Å². The molecule has 0 bridgehead atoms. The molecule has 30 heavy (non-hydrogen) atoms. The minimum absolute atomic E-state index is 0.0907. The van der Waals surface area contributed by atoms with E-state index in [1.165, 1.54) is 17.8 Å². The molecule has 0 unspecified atom stereocenters. The van der Waals surface area contributed by atoms with Crippen LogP contribution in [0.25, 0.3) is 5.57 Å². The third-order valence-corrected chi connectivity index (χ3v) is 7.08. The number of carbonyl (C=O) groups is 1. The first-order chi connectivity index (χ1) is 14.6. The molecule has 0 atom stereocenters. The number of fused-ring (bicyclic) bond motifs is 1. The van der Waals surface area contributed by atoms with Gasteiger partial charge in [0, 0.05) is 21.9 Å². The number of carbonyl (C=O) groups excluding carboxylic acids is 1. The number of aromatic nitrogens is 2. The number of pyridine rings is 1. The number of nitrogens with zero attached hydrogens (tertiary/aromatic N) is 4. The van der Waals surface area contributed by atoms with Crippen LogP contribution in [0.5, 0.6) is 5.88 Å². The maximum Gasteiger partial charge on any atom is 0.279 e. The summed E-state index contributed by atoms with van der Waals surface area (Å²) in [6.07, 6.45) is 7.10. The van der Waals surface area contributed by atoms with Gasteiger partial charge < -0.3 is 5.11 Å². The molecule has 3 heterocycles. The zero-order valence-electron chi connectivity index (χ0n) is 16.1. The first kappa shape index (κ1) is 19.4. The van der Waals surface area contributed by atoms with Crippen molar-refractivity contribution < 1.29 is 9.90 Å². The molecule has 1 fully saturated rings. The Kier molecular flexibility index (Phi) is 5.12. The summed E-state index contributed by atoms with van der Waals surface area (Å²) < 4.78 is 2.75. The maximum absolute atomic E-state index is 12.8. The summed E-state index contributed by atoms with van der Waals surface area (Å²) in [6, 6.07) is 11.3. The van der Waals surface area contributed by atoms with Crippen LogP contribution in [0.3, 0.4) is 0 Å². The lowest BCUT2D eigenvalue weighted by Crippen LogP contribution is -2.23. The van der Waals surface area contributed by atoms with Crippen molar-refractivity contribution in [3.63, 3.8) is 0 Å². The van der Waals surface area contributed by atoms with Gasteiger partial charge in [-0.2, -0.15) is 0 Å². The Morgan fingerprint density at radius 2 is 2.00 bits per heavy atom. The van der Waals surface area contributed by atoms with E-state index in [-0.39, 0.29) is 17.8 Å². The van der Waals surface area contributed by atoms with Crippen LogP contribution in [0.15, 0.2) is 57.1 Å². The van der Waals surface area contributed by atoms with Crippen molar-refractivity contribution in [1.29, 1.82) is 0 Å². The van der Waals surface area contributed by atoms with Crippen molar-refractivity contribution in [2.24, 2.45) is 9.98 Å². The summed E-state index contributed by atoms with van der Waals surface area (Å²) in [5.41, 5.74) is 0.431. The highest BCUT2D eigenvalue weighted by Gasteiger charge is 2.28. The first-order valence-electron chi connectivity index (χ1n) is 9.95. The Hall–Kier alpha value is -2.58. The summed E-state index contributed by atoms with van der Waals surface area (Å²) in [5, 5.41) is 12.6. The second kappa shape index (κ2) is 7.92. The highest BCUT2D eigenvalue weighted by Crippen LogP contribution is 2.36. The number of aromatic hydroxyl groups is 1. The van der Waals surface area contributed by atoms with Crippen molar-refractivity contribution in [2.75, 3.05) is 0 Å². The van der Waals surface area contributed by atoms with Gasteiger partial charge in [-0.15, -0.1) is 0 Å². The van der Waals surface area contributed by atoms with Crippen molar-refractivity contribution in [1.82, 2.24) is 9.55 Å². The van der Waals surface area contributed by atoms with E-state index >= 15 is 0 Å². The zero-order chi connectivity index (χ0) is 20.7. The predicted molar refractivity (Wildman–Crippen MR) is 118 cm³/mol. The van der Waals surface area contributed by atoms with Gasteiger partial charge >= 0.3 is 0 Å². The number of thiazole rings is 1. The lowest BCUT2D eigenvalue weighted by Gasteiger charge is -2.23. The van der Waals surface area contributed by atoms with Gasteiger partial charge in [-0.3, -0.25) is 9.36 Å².